The van der Waals surface area contributed by atoms with Gasteiger partial charge in [0.15, 0.2) is 0 Å². The van der Waals surface area contributed by atoms with Crippen molar-refractivity contribution in [2.24, 2.45) is 13.0 Å². The number of carboxylic acids is 1. The number of aromatic nitrogens is 1. The van der Waals surface area contributed by atoms with E-state index >= 15 is 0 Å². The summed E-state index contributed by atoms with van der Waals surface area (Å²) in [5.74, 6) is -1.20. The molecular formula is C27H26KN3O4. The predicted octanol–water partition coefficient (Wildman–Crippen LogP) is 0.997. The van der Waals surface area contributed by atoms with Gasteiger partial charge in [0.2, 0.25) is 0 Å². The summed E-state index contributed by atoms with van der Waals surface area (Å²) in [5.41, 5.74) is 2.84. The van der Waals surface area contributed by atoms with E-state index in [-0.39, 0.29) is 75.4 Å². The molecular weight excluding hydrogens is 469 g/mol. The number of hydrogen-bond acceptors (Lipinski definition) is 5. The number of carboxylic acid groups (broad SMARTS) is 1. The molecule has 0 aliphatic carbocycles. The Labute approximate surface area is 246 Å². The Morgan fingerprint density at radius 2 is 1.77 bits per heavy atom. The Bertz CT molecular complexity index is 1420. The molecule has 0 aliphatic heterocycles. The molecule has 8 heteroatoms. The van der Waals surface area contributed by atoms with Gasteiger partial charge >= 0.3 is 57.5 Å². The molecule has 0 fully saturated rings. The second-order valence-corrected chi connectivity index (χ2v) is 8.71. The fourth-order valence-corrected chi connectivity index (χ4v) is 4.21. The summed E-state index contributed by atoms with van der Waals surface area (Å²) in [4.78, 5) is 24.1. The van der Waals surface area contributed by atoms with Crippen molar-refractivity contribution in [3.05, 3.63) is 83.0 Å². The Hall–Kier alpha value is -2.49. The third-order valence-electron chi connectivity index (χ3n) is 5.81. The van der Waals surface area contributed by atoms with E-state index in [4.69, 9.17) is 10.1 Å². The van der Waals surface area contributed by atoms with E-state index in [9.17, 15) is 14.7 Å². The van der Waals surface area contributed by atoms with Crippen LogP contribution in [0.5, 0.6) is 0 Å². The van der Waals surface area contributed by atoms with E-state index in [1.54, 1.807) is 29.8 Å². The molecule has 1 amide bonds. The first-order valence-corrected chi connectivity index (χ1v) is 11.1. The molecule has 4 rings (SSSR count). The number of fused-ring (bicyclic) bond motifs is 2. The van der Waals surface area contributed by atoms with Gasteiger partial charge in [-0.3, -0.25) is 10.7 Å². The number of hydrogen-bond donors (Lipinski definition) is 2. The number of alkyl carbamates (subject to hydrolysis) is 1. The molecule has 0 unspecified atom stereocenters. The molecule has 1 aromatic heterocycles. The molecule has 0 aliphatic rings. The van der Waals surface area contributed by atoms with Crippen molar-refractivity contribution >= 4 is 39.6 Å². The summed E-state index contributed by atoms with van der Waals surface area (Å²) in [6.45, 7) is 4.10. The second-order valence-electron chi connectivity index (χ2n) is 8.71. The van der Waals surface area contributed by atoms with Crippen LogP contribution in [0.1, 0.15) is 41.0 Å². The summed E-state index contributed by atoms with van der Waals surface area (Å²) in [6.07, 6.45) is -0.318. The third kappa shape index (κ3) is 5.84. The molecule has 3 aromatic carbocycles. The van der Waals surface area contributed by atoms with E-state index in [0.717, 1.165) is 16.3 Å². The molecule has 4 aromatic rings. The molecule has 1 heterocycles. The van der Waals surface area contributed by atoms with Gasteiger partial charge in [-0.1, -0.05) is 56.3 Å². The first-order chi connectivity index (χ1) is 16.3. The monoisotopic (exact) mass is 495 g/mol. The molecule has 7 nitrogen and oxygen atoms in total. The Balaban J connectivity index is 0.00000342. The molecule has 0 radical (unpaired) electrons. The third-order valence-corrected chi connectivity index (χ3v) is 5.81. The van der Waals surface area contributed by atoms with Gasteiger partial charge in [0.05, 0.1) is 18.3 Å². The first kappa shape index (κ1) is 27.1. The number of ether oxygens (including phenoxy) is 1. The quantitative estimate of drug-likeness (QED) is 0.236. The van der Waals surface area contributed by atoms with Gasteiger partial charge < -0.3 is 19.2 Å². The van der Waals surface area contributed by atoms with E-state index in [2.05, 4.69) is 5.32 Å². The summed E-state index contributed by atoms with van der Waals surface area (Å²) in [7, 11) is 1.69. The van der Waals surface area contributed by atoms with Crippen LogP contribution in [-0.2, 0) is 18.2 Å². The van der Waals surface area contributed by atoms with Gasteiger partial charge in [0, 0.05) is 29.9 Å². The predicted molar refractivity (Wildman–Crippen MR) is 130 cm³/mol. The maximum atomic E-state index is 12.1. The molecule has 0 saturated heterocycles. The molecule has 174 valence electrons. The van der Waals surface area contributed by atoms with Crippen molar-refractivity contribution < 1.29 is 70.8 Å². The number of carbonyl (C=O) groups is 2. The minimum Gasteiger partial charge on any atom is -0.543 e. The van der Waals surface area contributed by atoms with Crippen molar-refractivity contribution in [1.82, 2.24) is 9.88 Å². The van der Waals surface area contributed by atoms with Gasteiger partial charge in [-0.15, -0.1) is 0 Å². The maximum absolute atomic E-state index is 12.1. The molecule has 0 saturated carbocycles. The number of rotatable bonds is 6. The molecule has 0 bridgehead atoms. The van der Waals surface area contributed by atoms with Crippen LogP contribution < -0.4 is 61.8 Å². The van der Waals surface area contributed by atoms with Crippen molar-refractivity contribution in [2.45, 2.75) is 20.3 Å². The first-order valence-electron chi connectivity index (χ1n) is 11.1. The van der Waals surface area contributed by atoms with Crippen LogP contribution in [0.3, 0.4) is 0 Å². The fraction of sp³-hybridized carbons (Fsp3) is 0.222. The van der Waals surface area contributed by atoms with Crippen LogP contribution >= 0.6 is 0 Å². The average Bonchev–Trinajstić information content (AvgIpc) is 3.09. The van der Waals surface area contributed by atoms with Crippen LogP contribution in [0.4, 0.5) is 4.79 Å². The number of carbonyl (C=O) groups excluding carboxylic acids is 2. The smallest absolute Gasteiger partial charge is 0.543 e. The number of aryl methyl sites for hydroxylation is 1. The standard InChI is InChI=1S/C27H27N3O4.K/c1-16(2)15-34-27(33)29-25(28)19-11-12-23-21(14-19)22(24(26(31)32)30(23)3)13-18-9-6-8-17-7-4-5-10-20(17)18;/h4-12,14,16H,13,15H2,1-3H3,(H,31,32)(H2,28,29,33);/q;+1/p-1. The number of benzene rings is 3. The van der Waals surface area contributed by atoms with Crippen LogP contribution in [0.2, 0.25) is 0 Å². The summed E-state index contributed by atoms with van der Waals surface area (Å²) < 4.78 is 6.70. The number of nitrogens with zero attached hydrogens (tertiary/aromatic N) is 1. The fourth-order valence-electron chi connectivity index (χ4n) is 4.21. The van der Waals surface area contributed by atoms with E-state index < -0.39 is 12.1 Å². The zero-order valence-electron chi connectivity index (χ0n) is 20.3. The van der Waals surface area contributed by atoms with Crippen LogP contribution in [0.25, 0.3) is 21.7 Å². The zero-order chi connectivity index (χ0) is 24.4. The van der Waals surface area contributed by atoms with Gasteiger partial charge in [-0.25, -0.2) is 4.79 Å². The van der Waals surface area contributed by atoms with E-state index in [0.29, 0.717) is 28.5 Å². The van der Waals surface area contributed by atoms with Crippen molar-refractivity contribution in [1.29, 1.82) is 5.41 Å². The van der Waals surface area contributed by atoms with Gasteiger partial charge in [-0.2, -0.15) is 0 Å². The minimum absolute atomic E-state index is 0. The summed E-state index contributed by atoms with van der Waals surface area (Å²) in [6, 6.07) is 19.1. The summed E-state index contributed by atoms with van der Waals surface area (Å²) >= 11 is 0. The van der Waals surface area contributed by atoms with E-state index in [1.165, 1.54) is 0 Å². The number of nitrogens with one attached hydrogen (secondary N) is 2. The SMILES string of the molecule is CC(C)COC(=O)NC(=N)c1ccc2c(c1)c(Cc1cccc3ccccc13)c(C(=O)[O-])n2C.[K+]. The average molecular weight is 496 g/mol. The molecule has 0 spiro atoms. The summed E-state index contributed by atoms with van der Waals surface area (Å²) in [5, 5.41) is 25.7. The molecule has 2 N–H and O–H groups in total. The maximum Gasteiger partial charge on any atom is 1.00 e. The van der Waals surface area contributed by atoms with Crippen molar-refractivity contribution in [3.63, 3.8) is 0 Å². The number of amidine groups is 1. The Morgan fingerprint density at radius 1 is 1.06 bits per heavy atom. The van der Waals surface area contributed by atoms with E-state index in [1.807, 2.05) is 56.3 Å². The van der Waals surface area contributed by atoms with Crippen LogP contribution in [0, 0.1) is 11.3 Å². The molecule has 35 heavy (non-hydrogen) atoms. The van der Waals surface area contributed by atoms with Crippen LogP contribution in [-0.4, -0.2) is 29.1 Å². The van der Waals surface area contributed by atoms with Gasteiger partial charge in [-0.05, 0) is 46.0 Å². The van der Waals surface area contributed by atoms with Crippen molar-refractivity contribution in [2.75, 3.05) is 6.61 Å². The number of amides is 1. The van der Waals surface area contributed by atoms with Crippen molar-refractivity contribution in [3.8, 4) is 0 Å². The zero-order valence-corrected chi connectivity index (χ0v) is 23.5. The largest absolute Gasteiger partial charge is 1.00 e. The topological polar surface area (TPSA) is 107 Å². The normalized spacial score (nSPS) is 10.9. The van der Waals surface area contributed by atoms with Gasteiger partial charge in [0.1, 0.15) is 5.84 Å². The Morgan fingerprint density at radius 3 is 2.49 bits per heavy atom. The molecule has 0 atom stereocenters. The minimum atomic E-state index is -1.26. The second kappa shape index (κ2) is 11.5. The number of aromatic carboxylic acids is 1. The van der Waals surface area contributed by atoms with Crippen LogP contribution in [0.15, 0.2) is 60.7 Å². The van der Waals surface area contributed by atoms with Gasteiger partial charge in [0.25, 0.3) is 0 Å². The Kier molecular flexibility index (Phi) is 8.90.